The number of rotatable bonds is 0. The van der Waals surface area contributed by atoms with Crippen LogP contribution in [0.4, 0.5) is 0 Å². The van der Waals surface area contributed by atoms with Crippen LogP contribution in [0.25, 0.3) is 0 Å². The molecule has 0 atom stereocenters. The first kappa shape index (κ1) is 8.33. The van der Waals surface area contributed by atoms with Crippen molar-refractivity contribution >= 4 is 0 Å². The highest BCUT2D eigenvalue weighted by Gasteiger charge is 1.72. The van der Waals surface area contributed by atoms with Gasteiger partial charge in [-0.1, -0.05) is 6.07 Å². The molecule has 0 amide bonds. The molecule has 0 aliphatic carbocycles. The lowest BCUT2D eigenvalue weighted by Crippen LogP contribution is -2.01. The maximum atomic E-state index is 4.55. The molecule has 1 N–H and O–H groups in total. The van der Waals surface area contributed by atoms with Crippen LogP contribution in [0.15, 0.2) is 55.2 Å². The number of allylic oxidation sites excluding steroid dienone is 2. The molecule has 0 bridgehead atoms. The van der Waals surface area contributed by atoms with Crippen LogP contribution < -0.4 is 5.48 Å². The van der Waals surface area contributed by atoms with Crippen LogP contribution in [0.3, 0.4) is 0 Å². The summed E-state index contributed by atoms with van der Waals surface area (Å²) in [6.07, 6.45) is 10.4. The van der Waals surface area contributed by atoms with Crippen LogP contribution in [-0.2, 0) is 4.84 Å². The van der Waals surface area contributed by atoms with E-state index in [0.717, 1.165) is 0 Å². The van der Waals surface area contributed by atoms with Gasteiger partial charge in [0.15, 0.2) is 0 Å². The Morgan fingerprint density at radius 3 is 2.00 bits per heavy atom. The van der Waals surface area contributed by atoms with Crippen molar-refractivity contribution in [2.24, 2.45) is 0 Å². The summed E-state index contributed by atoms with van der Waals surface area (Å²) in [5.74, 6) is 0. The van der Waals surface area contributed by atoms with Crippen LogP contribution in [0.5, 0.6) is 0 Å². The molecule has 0 saturated heterocycles. The number of nitrogens with one attached hydrogen (secondary N) is 1. The van der Waals surface area contributed by atoms with E-state index >= 15 is 0 Å². The number of aromatic nitrogens is 1. The lowest BCUT2D eigenvalue weighted by molar-refractivity contribution is 0.172. The van der Waals surface area contributed by atoms with Gasteiger partial charge in [-0.2, -0.15) is 0 Å². The first-order valence-electron chi connectivity index (χ1n) is 3.58. The molecule has 1 aliphatic rings. The van der Waals surface area contributed by atoms with Gasteiger partial charge in [0, 0.05) is 18.6 Å². The average Bonchev–Trinajstić information content (AvgIpc) is 2.24. The Balaban J connectivity index is 0.000000120. The van der Waals surface area contributed by atoms with E-state index in [1.165, 1.54) is 0 Å². The quantitative estimate of drug-likeness (QED) is 0.629. The van der Waals surface area contributed by atoms with Crippen molar-refractivity contribution in [3.63, 3.8) is 0 Å². The molecule has 1 aliphatic heterocycles. The maximum Gasteiger partial charge on any atom is 0.119 e. The molecule has 1 aromatic rings. The fraction of sp³-hybridized carbons (Fsp3) is 0. The Morgan fingerprint density at radius 2 is 1.83 bits per heavy atom. The summed E-state index contributed by atoms with van der Waals surface area (Å²) < 4.78 is 0. The van der Waals surface area contributed by atoms with E-state index in [0.29, 0.717) is 0 Å². The summed E-state index contributed by atoms with van der Waals surface area (Å²) in [6.45, 7) is 0. The molecule has 0 spiro atoms. The smallest absolute Gasteiger partial charge is 0.119 e. The zero-order valence-corrected chi connectivity index (χ0v) is 6.55. The third-order valence-electron chi connectivity index (χ3n) is 1.06. The molecule has 0 radical (unpaired) electrons. The van der Waals surface area contributed by atoms with E-state index in [2.05, 4.69) is 15.3 Å². The maximum absolute atomic E-state index is 4.55. The van der Waals surface area contributed by atoms with Gasteiger partial charge in [-0.3, -0.25) is 4.98 Å². The fourth-order valence-corrected chi connectivity index (χ4v) is 0.571. The topological polar surface area (TPSA) is 34.1 Å². The lowest BCUT2D eigenvalue weighted by atomic mass is 10.5. The predicted octanol–water partition coefficient (Wildman–Crippen LogP) is 1.63. The molecule has 3 nitrogen and oxygen atoms in total. The van der Waals surface area contributed by atoms with Gasteiger partial charge in [0.05, 0.1) is 0 Å². The van der Waals surface area contributed by atoms with Crippen molar-refractivity contribution in [1.29, 1.82) is 0 Å². The summed E-state index contributed by atoms with van der Waals surface area (Å²) in [7, 11) is 0. The molecule has 62 valence electrons. The second-order valence-electron chi connectivity index (χ2n) is 1.95. The molecule has 12 heavy (non-hydrogen) atoms. The summed E-state index contributed by atoms with van der Waals surface area (Å²) in [5.41, 5.74) is 2.52. The molecule has 0 saturated carbocycles. The first-order valence-corrected chi connectivity index (χ1v) is 3.58. The van der Waals surface area contributed by atoms with Gasteiger partial charge < -0.3 is 4.84 Å². The molecule has 3 heteroatoms. The van der Waals surface area contributed by atoms with E-state index in [1.54, 1.807) is 30.9 Å². The van der Waals surface area contributed by atoms with Gasteiger partial charge in [0.25, 0.3) is 0 Å². The summed E-state index contributed by atoms with van der Waals surface area (Å²) in [4.78, 5) is 8.34. The Labute approximate surface area is 71.3 Å². The predicted molar refractivity (Wildman–Crippen MR) is 46.7 cm³/mol. The monoisotopic (exact) mass is 162 g/mol. The molecule has 0 unspecified atom stereocenters. The fourth-order valence-electron chi connectivity index (χ4n) is 0.571. The molecule has 2 rings (SSSR count). The van der Waals surface area contributed by atoms with Crippen molar-refractivity contribution in [3.05, 3.63) is 55.2 Å². The summed E-state index contributed by atoms with van der Waals surface area (Å²) >= 11 is 0. The van der Waals surface area contributed by atoms with Crippen LogP contribution in [0.1, 0.15) is 0 Å². The number of hydroxylamine groups is 1. The zero-order valence-electron chi connectivity index (χ0n) is 6.55. The normalized spacial score (nSPS) is 12.0. The van der Waals surface area contributed by atoms with Gasteiger partial charge in [0.1, 0.15) is 6.26 Å². The van der Waals surface area contributed by atoms with Gasteiger partial charge in [-0.15, -0.1) is 0 Å². The molecule has 2 heterocycles. The van der Waals surface area contributed by atoms with Crippen molar-refractivity contribution in [2.45, 2.75) is 0 Å². The van der Waals surface area contributed by atoms with Crippen molar-refractivity contribution in [2.75, 3.05) is 0 Å². The minimum atomic E-state index is 1.57. The standard InChI is InChI=1S/C5H5N.C4H5NO/c2*1-2-4-6-5-3-1/h2*1-5H. The first-order chi connectivity index (χ1) is 6.00. The highest BCUT2D eigenvalue weighted by Crippen LogP contribution is 1.80. The SMILES string of the molecule is C1=CNOC=C1.c1ccncc1. The molecular formula is C9H10N2O. The zero-order chi connectivity index (χ0) is 8.49. The Morgan fingerprint density at radius 1 is 1.00 bits per heavy atom. The minimum Gasteiger partial charge on any atom is -0.391 e. The Bertz CT molecular complexity index is 205. The number of hydrogen-bond acceptors (Lipinski definition) is 3. The van der Waals surface area contributed by atoms with E-state index < -0.39 is 0 Å². The molecule has 0 aromatic carbocycles. The summed E-state index contributed by atoms with van der Waals surface area (Å²) in [6, 6.07) is 5.72. The van der Waals surface area contributed by atoms with Gasteiger partial charge in [0.2, 0.25) is 0 Å². The Hall–Kier alpha value is -1.77. The van der Waals surface area contributed by atoms with E-state index in [1.807, 2.05) is 24.3 Å². The van der Waals surface area contributed by atoms with Crippen molar-refractivity contribution < 1.29 is 4.84 Å². The third kappa shape index (κ3) is 4.11. The van der Waals surface area contributed by atoms with Crippen LogP contribution in [0.2, 0.25) is 0 Å². The van der Waals surface area contributed by atoms with Crippen LogP contribution in [-0.4, -0.2) is 4.98 Å². The molecule has 0 fully saturated rings. The Kier molecular flexibility index (Phi) is 4.15. The second kappa shape index (κ2) is 5.97. The second-order valence-corrected chi connectivity index (χ2v) is 1.95. The highest BCUT2D eigenvalue weighted by atomic mass is 16.6. The van der Waals surface area contributed by atoms with E-state index in [4.69, 9.17) is 0 Å². The van der Waals surface area contributed by atoms with Gasteiger partial charge in [-0.05, 0) is 24.3 Å². The van der Waals surface area contributed by atoms with Gasteiger partial charge >= 0.3 is 0 Å². The average molecular weight is 162 g/mol. The number of hydrogen-bond donors (Lipinski definition) is 1. The van der Waals surface area contributed by atoms with E-state index in [-0.39, 0.29) is 0 Å². The highest BCUT2D eigenvalue weighted by molar-refractivity contribution is 5.00. The van der Waals surface area contributed by atoms with Crippen molar-refractivity contribution in [3.8, 4) is 0 Å². The lowest BCUT2D eigenvalue weighted by Gasteiger charge is -1.97. The van der Waals surface area contributed by atoms with E-state index in [9.17, 15) is 0 Å². The number of nitrogens with zero attached hydrogens (tertiary/aromatic N) is 1. The third-order valence-corrected chi connectivity index (χ3v) is 1.06. The summed E-state index contributed by atoms with van der Waals surface area (Å²) in [5, 5.41) is 0. The van der Waals surface area contributed by atoms with Crippen molar-refractivity contribution in [1.82, 2.24) is 10.5 Å². The molecular weight excluding hydrogens is 152 g/mol. The van der Waals surface area contributed by atoms with Crippen LogP contribution >= 0.6 is 0 Å². The number of pyridine rings is 1. The van der Waals surface area contributed by atoms with Gasteiger partial charge in [-0.25, -0.2) is 5.48 Å². The minimum absolute atomic E-state index is 1.57. The molecule has 1 aromatic heterocycles. The van der Waals surface area contributed by atoms with Crippen LogP contribution in [0, 0.1) is 0 Å². The largest absolute Gasteiger partial charge is 0.391 e.